The first-order valence-electron chi connectivity index (χ1n) is 6.78. The van der Waals surface area contributed by atoms with Gasteiger partial charge in [0.2, 0.25) is 0 Å². The number of nitrogens with one attached hydrogen (secondary N) is 1. The van der Waals surface area contributed by atoms with Gasteiger partial charge in [-0.1, -0.05) is 6.07 Å². The van der Waals surface area contributed by atoms with Crippen LogP contribution in [0.3, 0.4) is 0 Å². The minimum Gasteiger partial charge on any atom is -0.496 e. The number of hydrogen-bond donors (Lipinski definition) is 1. The summed E-state index contributed by atoms with van der Waals surface area (Å²) in [5.74, 6) is 0.498. The standard InChI is InChI=1S/C17H18FNO/c1-10-6-11(2)13-9-16(19-15(13)7-10)14-8-12(18)4-5-17(14)20-3/h4-8,16,19H,9H2,1-3H3. The van der Waals surface area contributed by atoms with Crippen molar-refractivity contribution in [2.24, 2.45) is 0 Å². The van der Waals surface area contributed by atoms with Crippen LogP contribution in [-0.4, -0.2) is 7.11 Å². The number of halogens is 1. The van der Waals surface area contributed by atoms with Crippen LogP contribution in [0, 0.1) is 19.7 Å². The molecule has 3 heteroatoms. The Labute approximate surface area is 118 Å². The molecule has 0 saturated heterocycles. The molecule has 2 aromatic carbocycles. The van der Waals surface area contributed by atoms with Gasteiger partial charge in [-0.15, -0.1) is 0 Å². The molecular weight excluding hydrogens is 253 g/mol. The molecule has 1 unspecified atom stereocenters. The fourth-order valence-corrected chi connectivity index (χ4v) is 3.01. The van der Waals surface area contributed by atoms with Gasteiger partial charge < -0.3 is 10.1 Å². The molecule has 0 saturated carbocycles. The maximum Gasteiger partial charge on any atom is 0.124 e. The van der Waals surface area contributed by atoms with Crippen LogP contribution in [0.1, 0.15) is 28.3 Å². The van der Waals surface area contributed by atoms with Crippen LogP contribution in [0.25, 0.3) is 0 Å². The van der Waals surface area contributed by atoms with Crippen molar-refractivity contribution in [3.8, 4) is 5.75 Å². The Kier molecular flexibility index (Phi) is 3.13. The van der Waals surface area contributed by atoms with Crippen molar-refractivity contribution >= 4 is 5.69 Å². The molecule has 0 fully saturated rings. The van der Waals surface area contributed by atoms with E-state index in [1.807, 2.05) is 0 Å². The molecule has 0 amide bonds. The van der Waals surface area contributed by atoms with Crippen molar-refractivity contribution in [1.29, 1.82) is 0 Å². The third-order valence-electron chi connectivity index (χ3n) is 3.92. The second-order valence-corrected chi connectivity index (χ2v) is 5.40. The van der Waals surface area contributed by atoms with Crippen LogP contribution in [0.4, 0.5) is 10.1 Å². The van der Waals surface area contributed by atoms with Gasteiger partial charge >= 0.3 is 0 Å². The third kappa shape index (κ3) is 2.13. The number of hydrogen-bond acceptors (Lipinski definition) is 2. The predicted molar refractivity (Wildman–Crippen MR) is 78.9 cm³/mol. The average Bonchev–Trinajstić information content (AvgIpc) is 2.82. The highest BCUT2D eigenvalue weighted by atomic mass is 19.1. The summed E-state index contributed by atoms with van der Waals surface area (Å²) in [6, 6.07) is 9.08. The molecule has 104 valence electrons. The number of fused-ring (bicyclic) bond motifs is 1. The molecule has 1 aliphatic rings. The maximum atomic E-state index is 13.5. The van der Waals surface area contributed by atoms with Crippen molar-refractivity contribution in [3.05, 3.63) is 58.4 Å². The van der Waals surface area contributed by atoms with Crippen molar-refractivity contribution in [1.82, 2.24) is 0 Å². The number of rotatable bonds is 2. The third-order valence-corrected chi connectivity index (χ3v) is 3.92. The van der Waals surface area contributed by atoms with Crippen LogP contribution >= 0.6 is 0 Å². The smallest absolute Gasteiger partial charge is 0.124 e. The van der Waals surface area contributed by atoms with Gasteiger partial charge in [-0.05, 0) is 61.2 Å². The maximum absolute atomic E-state index is 13.5. The molecular formula is C17H18FNO. The van der Waals surface area contributed by atoms with Gasteiger partial charge in [0.1, 0.15) is 11.6 Å². The van der Waals surface area contributed by atoms with Crippen LogP contribution < -0.4 is 10.1 Å². The molecule has 0 aromatic heterocycles. The van der Waals surface area contributed by atoms with Crippen LogP contribution in [0.15, 0.2) is 30.3 Å². The van der Waals surface area contributed by atoms with Crippen molar-refractivity contribution in [2.75, 3.05) is 12.4 Å². The molecule has 0 spiro atoms. The lowest BCUT2D eigenvalue weighted by atomic mass is 9.98. The van der Waals surface area contributed by atoms with E-state index in [0.29, 0.717) is 0 Å². The highest BCUT2D eigenvalue weighted by Crippen LogP contribution is 2.39. The van der Waals surface area contributed by atoms with E-state index in [0.717, 1.165) is 23.4 Å². The first-order chi connectivity index (χ1) is 9.58. The van der Waals surface area contributed by atoms with Gasteiger partial charge in [0, 0.05) is 11.3 Å². The summed E-state index contributed by atoms with van der Waals surface area (Å²) in [4.78, 5) is 0. The van der Waals surface area contributed by atoms with Crippen LogP contribution in [0.5, 0.6) is 5.75 Å². The number of anilines is 1. The summed E-state index contributed by atoms with van der Waals surface area (Å²) in [5, 5.41) is 3.49. The van der Waals surface area contributed by atoms with Gasteiger partial charge in [-0.3, -0.25) is 0 Å². The van der Waals surface area contributed by atoms with Gasteiger partial charge in [-0.2, -0.15) is 0 Å². The Morgan fingerprint density at radius 1 is 1.20 bits per heavy atom. The SMILES string of the molecule is COc1ccc(F)cc1C1Cc2c(C)cc(C)cc2N1. The monoisotopic (exact) mass is 271 g/mol. The quantitative estimate of drug-likeness (QED) is 0.885. The van der Waals surface area contributed by atoms with Gasteiger partial charge in [0.15, 0.2) is 0 Å². The molecule has 1 heterocycles. The van der Waals surface area contributed by atoms with E-state index >= 15 is 0 Å². The first-order valence-corrected chi connectivity index (χ1v) is 6.78. The number of aryl methyl sites for hydroxylation is 2. The van der Waals surface area contributed by atoms with E-state index in [9.17, 15) is 4.39 Å². The lowest BCUT2D eigenvalue weighted by Gasteiger charge is -2.15. The molecule has 0 aliphatic carbocycles. The van der Waals surface area contributed by atoms with E-state index in [1.165, 1.54) is 22.8 Å². The number of ether oxygens (including phenoxy) is 1. The fourth-order valence-electron chi connectivity index (χ4n) is 3.01. The first kappa shape index (κ1) is 13.0. The Bertz CT molecular complexity index is 666. The molecule has 1 aliphatic heterocycles. The number of methoxy groups -OCH3 is 1. The lowest BCUT2D eigenvalue weighted by Crippen LogP contribution is -2.08. The Morgan fingerprint density at radius 2 is 2.00 bits per heavy atom. The second kappa shape index (κ2) is 4.82. The van der Waals surface area contributed by atoms with E-state index in [-0.39, 0.29) is 11.9 Å². The topological polar surface area (TPSA) is 21.3 Å². The van der Waals surface area contributed by atoms with E-state index in [4.69, 9.17) is 4.74 Å². The lowest BCUT2D eigenvalue weighted by molar-refractivity contribution is 0.406. The van der Waals surface area contributed by atoms with Gasteiger partial charge in [0.25, 0.3) is 0 Å². The van der Waals surface area contributed by atoms with E-state index < -0.39 is 0 Å². The van der Waals surface area contributed by atoms with Crippen molar-refractivity contribution in [2.45, 2.75) is 26.3 Å². The largest absolute Gasteiger partial charge is 0.496 e. The summed E-state index contributed by atoms with van der Waals surface area (Å²) >= 11 is 0. The van der Waals surface area contributed by atoms with Gasteiger partial charge in [0.05, 0.1) is 13.2 Å². The summed E-state index contributed by atoms with van der Waals surface area (Å²) < 4.78 is 18.9. The molecule has 1 atom stereocenters. The summed E-state index contributed by atoms with van der Waals surface area (Å²) in [7, 11) is 1.62. The summed E-state index contributed by atoms with van der Waals surface area (Å²) in [6.45, 7) is 4.21. The summed E-state index contributed by atoms with van der Waals surface area (Å²) in [5.41, 5.74) is 5.86. The molecule has 0 bridgehead atoms. The summed E-state index contributed by atoms with van der Waals surface area (Å²) in [6.07, 6.45) is 0.862. The normalized spacial score (nSPS) is 16.7. The Morgan fingerprint density at radius 3 is 2.75 bits per heavy atom. The molecule has 1 N–H and O–H groups in total. The zero-order chi connectivity index (χ0) is 14.3. The number of benzene rings is 2. The second-order valence-electron chi connectivity index (χ2n) is 5.40. The zero-order valence-corrected chi connectivity index (χ0v) is 12.0. The zero-order valence-electron chi connectivity index (χ0n) is 12.0. The average molecular weight is 271 g/mol. The fraction of sp³-hybridized carbons (Fsp3) is 0.294. The minimum atomic E-state index is -0.230. The van der Waals surface area contributed by atoms with Gasteiger partial charge in [-0.25, -0.2) is 4.39 Å². The Balaban J connectivity index is 2.00. The van der Waals surface area contributed by atoms with Crippen molar-refractivity contribution < 1.29 is 9.13 Å². The highest BCUT2D eigenvalue weighted by Gasteiger charge is 2.26. The van der Waals surface area contributed by atoms with E-state index in [1.54, 1.807) is 19.2 Å². The molecule has 2 aromatic rings. The minimum absolute atomic E-state index is 0.0659. The molecule has 20 heavy (non-hydrogen) atoms. The molecule has 3 rings (SSSR count). The molecule has 2 nitrogen and oxygen atoms in total. The predicted octanol–water partition coefficient (Wildman–Crippen LogP) is 4.16. The Hall–Kier alpha value is -2.03. The van der Waals surface area contributed by atoms with E-state index in [2.05, 4.69) is 31.3 Å². The highest BCUT2D eigenvalue weighted by molar-refractivity contribution is 5.63. The van der Waals surface area contributed by atoms with Crippen LogP contribution in [-0.2, 0) is 6.42 Å². The molecule has 0 radical (unpaired) electrons. The van der Waals surface area contributed by atoms with Crippen LogP contribution in [0.2, 0.25) is 0 Å². The van der Waals surface area contributed by atoms with Crippen molar-refractivity contribution in [3.63, 3.8) is 0 Å².